The number of carbonyl (C=O) groups excluding carboxylic acids is 1. The standard InChI is InChI=1S/C14H18N2O3S/c1-2-4-11(17)8-15-13(18)7-10-9-19-14(16-10)12-5-3-6-20-12/h3,5-6,9,11,17H,2,4,7-8H2,1H3,(H,15,18). The first-order valence-electron chi connectivity index (χ1n) is 6.62. The molecule has 0 spiro atoms. The van der Waals surface area contributed by atoms with Crippen LogP contribution in [0.1, 0.15) is 25.5 Å². The largest absolute Gasteiger partial charge is 0.444 e. The zero-order valence-corrected chi connectivity index (χ0v) is 12.2. The number of rotatable bonds is 7. The SMILES string of the molecule is CCCC(O)CNC(=O)Cc1coc(-c2cccs2)n1. The second-order valence-electron chi connectivity index (χ2n) is 4.54. The van der Waals surface area contributed by atoms with Gasteiger partial charge in [0.25, 0.3) is 0 Å². The molecule has 2 aromatic heterocycles. The molecule has 2 N–H and O–H groups in total. The van der Waals surface area contributed by atoms with Crippen molar-refractivity contribution in [2.75, 3.05) is 6.54 Å². The number of aliphatic hydroxyl groups is 1. The average molecular weight is 294 g/mol. The number of hydrogen-bond acceptors (Lipinski definition) is 5. The van der Waals surface area contributed by atoms with Crippen LogP contribution in [0.2, 0.25) is 0 Å². The van der Waals surface area contributed by atoms with Gasteiger partial charge in [-0.3, -0.25) is 4.79 Å². The summed E-state index contributed by atoms with van der Waals surface area (Å²) >= 11 is 1.54. The summed E-state index contributed by atoms with van der Waals surface area (Å²) < 4.78 is 5.34. The number of hydrogen-bond donors (Lipinski definition) is 2. The van der Waals surface area contributed by atoms with Gasteiger partial charge in [0.1, 0.15) is 6.26 Å². The Balaban J connectivity index is 1.83. The molecule has 0 saturated heterocycles. The van der Waals surface area contributed by atoms with Crippen molar-refractivity contribution in [3.63, 3.8) is 0 Å². The Morgan fingerprint density at radius 2 is 2.45 bits per heavy atom. The molecular formula is C14H18N2O3S. The van der Waals surface area contributed by atoms with Crippen LogP contribution in [0.5, 0.6) is 0 Å². The highest BCUT2D eigenvalue weighted by molar-refractivity contribution is 7.13. The number of amides is 1. The van der Waals surface area contributed by atoms with Crippen molar-refractivity contribution in [3.05, 3.63) is 29.5 Å². The quantitative estimate of drug-likeness (QED) is 0.821. The Bertz CT molecular complexity index is 536. The van der Waals surface area contributed by atoms with Crippen molar-refractivity contribution in [1.82, 2.24) is 10.3 Å². The minimum absolute atomic E-state index is 0.160. The van der Waals surface area contributed by atoms with Crippen molar-refractivity contribution in [1.29, 1.82) is 0 Å². The monoisotopic (exact) mass is 294 g/mol. The van der Waals surface area contributed by atoms with Crippen molar-refractivity contribution >= 4 is 17.2 Å². The second-order valence-corrected chi connectivity index (χ2v) is 5.49. The fourth-order valence-corrected chi connectivity index (χ4v) is 2.45. The van der Waals surface area contributed by atoms with Crippen molar-refractivity contribution < 1.29 is 14.3 Å². The van der Waals surface area contributed by atoms with Gasteiger partial charge in [0.2, 0.25) is 11.8 Å². The van der Waals surface area contributed by atoms with Gasteiger partial charge in [-0.05, 0) is 17.9 Å². The molecule has 0 aliphatic heterocycles. The fraction of sp³-hybridized carbons (Fsp3) is 0.429. The summed E-state index contributed by atoms with van der Waals surface area (Å²) in [6.45, 7) is 2.27. The third-order valence-electron chi connectivity index (χ3n) is 2.78. The molecule has 6 heteroatoms. The molecular weight excluding hydrogens is 276 g/mol. The van der Waals surface area contributed by atoms with Crippen molar-refractivity contribution in [2.45, 2.75) is 32.3 Å². The highest BCUT2D eigenvalue weighted by atomic mass is 32.1. The van der Waals surface area contributed by atoms with Gasteiger partial charge in [0.05, 0.1) is 23.1 Å². The number of thiophene rings is 1. The van der Waals surface area contributed by atoms with Crippen LogP contribution < -0.4 is 5.32 Å². The zero-order valence-electron chi connectivity index (χ0n) is 11.3. The van der Waals surface area contributed by atoms with Crippen LogP contribution in [0.25, 0.3) is 10.8 Å². The zero-order chi connectivity index (χ0) is 14.4. The van der Waals surface area contributed by atoms with Gasteiger partial charge < -0.3 is 14.8 Å². The van der Waals surface area contributed by atoms with Crippen molar-refractivity contribution in [3.8, 4) is 10.8 Å². The van der Waals surface area contributed by atoms with Crippen LogP contribution in [0.15, 0.2) is 28.2 Å². The van der Waals surface area contributed by atoms with E-state index in [1.165, 1.54) is 17.6 Å². The molecule has 2 aromatic rings. The van der Waals surface area contributed by atoms with Gasteiger partial charge in [-0.1, -0.05) is 19.4 Å². The van der Waals surface area contributed by atoms with E-state index in [-0.39, 0.29) is 18.9 Å². The molecule has 5 nitrogen and oxygen atoms in total. The molecule has 2 heterocycles. The summed E-state index contributed by atoms with van der Waals surface area (Å²) in [6, 6.07) is 3.84. The maximum Gasteiger partial charge on any atom is 0.236 e. The Kier molecular flexibility index (Phi) is 5.31. The summed E-state index contributed by atoms with van der Waals surface area (Å²) in [5.74, 6) is 0.375. The average Bonchev–Trinajstić information content (AvgIpc) is 3.07. The lowest BCUT2D eigenvalue weighted by atomic mass is 10.2. The Morgan fingerprint density at radius 3 is 3.15 bits per heavy atom. The fourth-order valence-electron chi connectivity index (χ4n) is 1.80. The highest BCUT2D eigenvalue weighted by Crippen LogP contribution is 2.23. The highest BCUT2D eigenvalue weighted by Gasteiger charge is 2.12. The first kappa shape index (κ1) is 14.7. The number of nitrogens with zero attached hydrogens (tertiary/aromatic N) is 1. The molecule has 1 atom stereocenters. The lowest BCUT2D eigenvalue weighted by Gasteiger charge is -2.09. The van der Waals surface area contributed by atoms with Gasteiger partial charge >= 0.3 is 0 Å². The predicted octanol–water partition coefficient (Wildman–Crippen LogP) is 2.22. The smallest absolute Gasteiger partial charge is 0.236 e. The van der Waals surface area contributed by atoms with E-state index >= 15 is 0 Å². The van der Waals surface area contributed by atoms with Gasteiger partial charge in [0, 0.05) is 6.54 Å². The van der Waals surface area contributed by atoms with Crippen LogP contribution in [0.3, 0.4) is 0 Å². The number of aromatic nitrogens is 1. The van der Waals surface area contributed by atoms with E-state index < -0.39 is 6.10 Å². The van der Waals surface area contributed by atoms with E-state index in [0.29, 0.717) is 18.0 Å². The van der Waals surface area contributed by atoms with E-state index in [1.807, 2.05) is 24.4 Å². The molecule has 1 unspecified atom stereocenters. The Hall–Kier alpha value is -1.66. The molecule has 0 aliphatic rings. The molecule has 108 valence electrons. The van der Waals surface area contributed by atoms with Crippen molar-refractivity contribution in [2.24, 2.45) is 0 Å². The van der Waals surface area contributed by atoms with Gasteiger partial charge in [-0.2, -0.15) is 0 Å². The van der Waals surface area contributed by atoms with E-state index in [9.17, 15) is 9.90 Å². The molecule has 2 rings (SSSR count). The number of oxazole rings is 1. The molecule has 0 aliphatic carbocycles. The van der Waals surface area contributed by atoms with Crippen LogP contribution >= 0.6 is 11.3 Å². The van der Waals surface area contributed by atoms with Crippen LogP contribution in [-0.2, 0) is 11.2 Å². The Morgan fingerprint density at radius 1 is 1.60 bits per heavy atom. The minimum atomic E-state index is -0.483. The molecule has 20 heavy (non-hydrogen) atoms. The lowest BCUT2D eigenvalue weighted by molar-refractivity contribution is -0.121. The summed E-state index contributed by atoms with van der Waals surface area (Å²) in [7, 11) is 0. The van der Waals surface area contributed by atoms with Crippen LogP contribution in [0.4, 0.5) is 0 Å². The second kappa shape index (κ2) is 7.21. The molecule has 0 aromatic carbocycles. The van der Waals surface area contributed by atoms with Crippen LogP contribution in [0, 0.1) is 0 Å². The summed E-state index contributed by atoms with van der Waals surface area (Å²) in [5.41, 5.74) is 0.593. The van der Waals surface area contributed by atoms with Gasteiger partial charge in [-0.15, -0.1) is 11.3 Å². The van der Waals surface area contributed by atoms with Gasteiger partial charge in [0.15, 0.2) is 0 Å². The maximum atomic E-state index is 11.7. The predicted molar refractivity (Wildman–Crippen MR) is 77.4 cm³/mol. The first-order valence-corrected chi connectivity index (χ1v) is 7.50. The molecule has 1 amide bonds. The van der Waals surface area contributed by atoms with E-state index in [4.69, 9.17) is 4.42 Å². The van der Waals surface area contributed by atoms with E-state index in [2.05, 4.69) is 10.3 Å². The summed E-state index contributed by atoms with van der Waals surface area (Å²) in [5, 5.41) is 14.2. The molecule has 0 fully saturated rings. The number of nitrogens with one attached hydrogen (secondary N) is 1. The third kappa shape index (κ3) is 4.18. The minimum Gasteiger partial charge on any atom is -0.444 e. The number of aliphatic hydroxyl groups excluding tert-OH is 1. The summed E-state index contributed by atoms with van der Waals surface area (Å²) in [6.07, 6.45) is 2.75. The normalized spacial score (nSPS) is 12.3. The van der Waals surface area contributed by atoms with Crippen LogP contribution in [-0.4, -0.2) is 28.6 Å². The van der Waals surface area contributed by atoms with E-state index in [1.54, 1.807) is 0 Å². The lowest BCUT2D eigenvalue weighted by Crippen LogP contribution is -2.33. The summed E-state index contributed by atoms with van der Waals surface area (Å²) in [4.78, 5) is 16.9. The van der Waals surface area contributed by atoms with E-state index in [0.717, 1.165) is 11.3 Å². The number of carbonyl (C=O) groups is 1. The third-order valence-corrected chi connectivity index (χ3v) is 3.64. The Labute approximate surface area is 121 Å². The topological polar surface area (TPSA) is 75.4 Å². The van der Waals surface area contributed by atoms with Gasteiger partial charge in [-0.25, -0.2) is 4.98 Å². The first-order chi connectivity index (χ1) is 9.69. The maximum absolute atomic E-state index is 11.7. The molecule has 0 radical (unpaired) electrons. The molecule has 0 saturated carbocycles. The molecule has 0 bridgehead atoms.